The first-order valence-electron chi connectivity index (χ1n) is 4.85. The summed E-state index contributed by atoms with van der Waals surface area (Å²) >= 11 is 0. The van der Waals surface area contributed by atoms with Crippen LogP contribution < -0.4 is 5.73 Å². The van der Waals surface area contributed by atoms with Gasteiger partial charge in [-0.3, -0.25) is 4.68 Å². The number of rotatable bonds is 3. The molecule has 7 nitrogen and oxygen atoms in total. The van der Waals surface area contributed by atoms with Gasteiger partial charge in [0.05, 0.1) is 6.10 Å². The molecule has 7 heteroatoms. The molecule has 0 spiro atoms. The highest BCUT2D eigenvalue weighted by atomic mass is 16.5. The van der Waals surface area contributed by atoms with Gasteiger partial charge in [-0.15, -0.1) is 0 Å². The number of aryl methyl sites for hydroxylation is 1. The number of hydrogen-bond donors (Lipinski definition) is 2. The Morgan fingerprint density at radius 2 is 2.31 bits per heavy atom. The number of aliphatic hydroxyl groups is 1. The van der Waals surface area contributed by atoms with Gasteiger partial charge in [0, 0.05) is 13.2 Å². The number of nitrogens with zero attached hydrogens (tertiary/aromatic N) is 4. The fourth-order valence-electron chi connectivity index (χ4n) is 1.22. The minimum absolute atomic E-state index is 0.204. The van der Waals surface area contributed by atoms with Crippen LogP contribution in [0.15, 0.2) is 16.8 Å². The summed E-state index contributed by atoms with van der Waals surface area (Å²) in [5.74, 6) is 0.572. The zero-order valence-electron chi connectivity index (χ0n) is 9.03. The van der Waals surface area contributed by atoms with Crippen molar-refractivity contribution in [2.75, 3.05) is 0 Å². The molecule has 0 aromatic carbocycles. The number of aromatic nitrogens is 4. The summed E-state index contributed by atoms with van der Waals surface area (Å²) in [5, 5.41) is 17.2. The second kappa shape index (κ2) is 4.03. The van der Waals surface area contributed by atoms with Gasteiger partial charge in [0.25, 0.3) is 0 Å². The van der Waals surface area contributed by atoms with Gasteiger partial charge in [-0.25, -0.2) is 0 Å². The van der Waals surface area contributed by atoms with Gasteiger partial charge in [0.1, 0.15) is 11.7 Å². The van der Waals surface area contributed by atoms with E-state index in [0.717, 1.165) is 0 Å². The van der Waals surface area contributed by atoms with Gasteiger partial charge in [-0.1, -0.05) is 5.16 Å². The highest BCUT2D eigenvalue weighted by Gasteiger charge is 2.20. The SMILES string of the molecule is CC(O)C(N)c1nc(-c2ccn(C)n2)no1. The van der Waals surface area contributed by atoms with Gasteiger partial charge in [0.15, 0.2) is 0 Å². The molecule has 3 N–H and O–H groups in total. The monoisotopic (exact) mass is 223 g/mol. The zero-order valence-corrected chi connectivity index (χ0v) is 9.03. The topological polar surface area (TPSA) is 103 Å². The summed E-state index contributed by atoms with van der Waals surface area (Å²) in [7, 11) is 1.80. The Labute approximate surface area is 91.9 Å². The number of aliphatic hydroxyl groups excluding tert-OH is 1. The summed E-state index contributed by atoms with van der Waals surface area (Å²) in [6, 6.07) is 1.09. The van der Waals surface area contributed by atoms with Crippen LogP contribution in [0.4, 0.5) is 0 Å². The Balaban J connectivity index is 2.26. The van der Waals surface area contributed by atoms with E-state index in [1.807, 2.05) is 0 Å². The number of nitrogens with two attached hydrogens (primary N) is 1. The van der Waals surface area contributed by atoms with E-state index in [9.17, 15) is 5.11 Å². The van der Waals surface area contributed by atoms with E-state index in [2.05, 4.69) is 15.2 Å². The normalized spacial score (nSPS) is 15.0. The lowest BCUT2D eigenvalue weighted by atomic mass is 10.2. The van der Waals surface area contributed by atoms with Crippen LogP contribution in [-0.4, -0.2) is 31.1 Å². The largest absolute Gasteiger partial charge is 0.391 e. The Morgan fingerprint density at radius 3 is 2.88 bits per heavy atom. The molecule has 2 aromatic heterocycles. The molecule has 0 bridgehead atoms. The van der Waals surface area contributed by atoms with Crippen LogP contribution in [0, 0.1) is 0 Å². The molecule has 0 aliphatic heterocycles. The van der Waals surface area contributed by atoms with Gasteiger partial charge in [-0.2, -0.15) is 10.1 Å². The van der Waals surface area contributed by atoms with Gasteiger partial charge in [0.2, 0.25) is 11.7 Å². The molecule has 16 heavy (non-hydrogen) atoms. The first kappa shape index (κ1) is 10.8. The van der Waals surface area contributed by atoms with E-state index in [-0.39, 0.29) is 5.89 Å². The van der Waals surface area contributed by atoms with Crippen molar-refractivity contribution < 1.29 is 9.63 Å². The Hall–Kier alpha value is -1.73. The summed E-state index contributed by atoms with van der Waals surface area (Å²) < 4.78 is 6.59. The number of hydrogen-bond acceptors (Lipinski definition) is 6. The van der Waals surface area contributed by atoms with Crippen molar-refractivity contribution in [1.82, 2.24) is 19.9 Å². The van der Waals surface area contributed by atoms with Crippen molar-refractivity contribution >= 4 is 0 Å². The second-order valence-corrected chi connectivity index (χ2v) is 3.60. The molecule has 0 amide bonds. The lowest BCUT2D eigenvalue weighted by Gasteiger charge is -2.08. The highest BCUT2D eigenvalue weighted by Crippen LogP contribution is 2.17. The third-order valence-corrected chi connectivity index (χ3v) is 2.19. The quantitative estimate of drug-likeness (QED) is 0.750. The third kappa shape index (κ3) is 1.95. The molecule has 2 unspecified atom stereocenters. The maximum atomic E-state index is 9.29. The second-order valence-electron chi connectivity index (χ2n) is 3.60. The molecule has 2 atom stereocenters. The molecule has 0 saturated carbocycles. The van der Waals surface area contributed by atoms with Crippen molar-refractivity contribution in [3.8, 4) is 11.5 Å². The van der Waals surface area contributed by atoms with Crippen molar-refractivity contribution in [1.29, 1.82) is 0 Å². The molecule has 0 aliphatic carbocycles. The summed E-state index contributed by atoms with van der Waals surface area (Å²) in [5.41, 5.74) is 6.27. The van der Waals surface area contributed by atoms with E-state index in [1.165, 1.54) is 0 Å². The maximum Gasteiger partial charge on any atom is 0.246 e. The smallest absolute Gasteiger partial charge is 0.246 e. The van der Waals surface area contributed by atoms with Crippen LogP contribution in [-0.2, 0) is 7.05 Å². The van der Waals surface area contributed by atoms with Crippen LogP contribution in [0.1, 0.15) is 18.9 Å². The summed E-state index contributed by atoms with van der Waals surface area (Å²) in [6.45, 7) is 1.56. The highest BCUT2D eigenvalue weighted by molar-refractivity contribution is 5.46. The Morgan fingerprint density at radius 1 is 1.56 bits per heavy atom. The molecule has 2 heterocycles. The van der Waals surface area contributed by atoms with Crippen molar-refractivity contribution in [3.05, 3.63) is 18.2 Å². The molecule has 0 aliphatic rings. The predicted molar refractivity (Wildman–Crippen MR) is 55.1 cm³/mol. The first-order valence-corrected chi connectivity index (χ1v) is 4.85. The van der Waals surface area contributed by atoms with E-state index >= 15 is 0 Å². The van der Waals surface area contributed by atoms with Crippen LogP contribution >= 0.6 is 0 Å². The van der Waals surface area contributed by atoms with E-state index in [0.29, 0.717) is 11.5 Å². The Bertz CT molecular complexity index is 476. The van der Waals surface area contributed by atoms with Crippen molar-refractivity contribution in [2.45, 2.75) is 19.1 Å². The molecule has 86 valence electrons. The lowest BCUT2D eigenvalue weighted by molar-refractivity contribution is 0.146. The average molecular weight is 223 g/mol. The minimum atomic E-state index is -0.739. The van der Waals surface area contributed by atoms with Crippen molar-refractivity contribution in [2.24, 2.45) is 12.8 Å². The average Bonchev–Trinajstić information content (AvgIpc) is 2.84. The van der Waals surface area contributed by atoms with Gasteiger partial charge >= 0.3 is 0 Å². The van der Waals surface area contributed by atoms with Crippen LogP contribution in [0.2, 0.25) is 0 Å². The molecular formula is C9H13N5O2. The molecule has 0 saturated heterocycles. The Kier molecular flexibility index (Phi) is 2.71. The maximum absolute atomic E-state index is 9.29. The van der Waals surface area contributed by atoms with Crippen LogP contribution in [0.25, 0.3) is 11.5 Å². The standard InChI is InChI=1S/C9H13N5O2/c1-5(15)7(10)9-11-8(13-16-9)6-3-4-14(2)12-6/h3-5,7,15H,10H2,1-2H3. The van der Waals surface area contributed by atoms with Gasteiger partial charge < -0.3 is 15.4 Å². The van der Waals surface area contributed by atoms with E-state index < -0.39 is 12.1 Å². The predicted octanol–water partition coefficient (Wildman–Crippen LogP) is -0.149. The third-order valence-electron chi connectivity index (χ3n) is 2.19. The van der Waals surface area contributed by atoms with Crippen LogP contribution in [0.5, 0.6) is 0 Å². The molecular weight excluding hydrogens is 210 g/mol. The van der Waals surface area contributed by atoms with Crippen LogP contribution in [0.3, 0.4) is 0 Å². The molecule has 0 radical (unpaired) electrons. The molecule has 0 fully saturated rings. The zero-order chi connectivity index (χ0) is 11.7. The minimum Gasteiger partial charge on any atom is -0.391 e. The van der Waals surface area contributed by atoms with E-state index in [4.69, 9.17) is 10.3 Å². The first-order chi connectivity index (χ1) is 7.58. The van der Waals surface area contributed by atoms with Gasteiger partial charge in [-0.05, 0) is 13.0 Å². The lowest BCUT2D eigenvalue weighted by Crippen LogP contribution is -2.23. The fraction of sp³-hybridized carbons (Fsp3) is 0.444. The summed E-state index contributed by atoms with van der Waals surface area (Å²) in [6.07, 6.45) is 1.04. The molecule has 2 rings (SSSR count). The van der Waals surface area contributed by atoms with E-state index in [1.54, 1.807) is 30.9 Å². The fourth-order valence-corrected chi connectivity index (χ4v) is 1.22. The summed E-state index contributed by atoms with van der Waals surface area (Å²) in [4.78, 5) is 4.08. The van der Waals surface area contributed by atoms with Crippen molar-refractivity contribution in [3.63, 3.8) is 0 Å². The molecule has 2 aromatic rings.